The molecule has 0 aliphatic carbocycles. The molecule has 1 aliphatic heterocycles. The Kier molecular flexibility index (Phi) is 7.28. The van der Waals surface area contributed by atoms with Gasteiger partial charge in [0, 0.05) is 35.5 Å². The predicted molar refractivity (Wildman–Crippen MR) is 145 cm³/mol. The number of anilines is 1. The van der Waals surface area contributed by atoms with E-state index in [0.717, 1.165) is 64.2 Å². The maximum atomic E-state index is 13.0. The van der Waals surface area contributed by atoms with Gasteiger partial charge < -0.3 is 19.4 Å². The van der Waals surface area contributed by atoms with Crippen molar-refractivity contribution in [1.29, 1.82) is 0 Å². The largest absolute Gasteiger partial charge is 0.497 e. The first-order chi connectivity index (χ1) is 17.7. The molecule has 0 saturated carbocycles. The predicted octanol–water partition coefficient (Wildman–Crippen LogP) is 6.22. The Morgan fingerprint density at radius 2 is 1.61 bits per heavy atom. The molecule has 0 bridgehead atoms. The molecule has 7 heteroatoms. The molecular weight excluding hydrogens is 470 g/mol. The number of nitrogens with one attached hydrogen (secondary N) is 1. The van der Waals surface area contributed by atoms with Crippen LogP contribution in [0.4, 0.5) is 5.69 Å². The van der Waals surface area contributed by atoms with E-state index in [1.807, 2.05) is 71.6 Å². The van der Waals surface area contributed by atoms with Crippen LogP contribution in [0, 0.1) is 0 Å². The monoisotopic (exact) mass is 499 g/mol. The summed E-state index contributed by atoms with van der Waals surface area (Å²) in [4.78, 5) is 23.4. The smallest absolute Gasteiger partial charge is 0.227 e. The van der Waals surface area contributed by atoms with Crippen molar-refractivity contribution in [2.45, 2.75) is 24.4 Å². The van der Waals surface area contributed by atoms with E-state index >= 15 is 0 Å². The van der Waals surface area contributed by atoms with E-state index in [0.29, 0.717) is 12.2 Å². The summed E-state index contributed by atoms with van der Waals surface area (Å²) >= 11 is 1.57. The molecule has 0 saturated heterocycles. The molecule has 184 valence electrons. The fraction of sp³-hybridized carbons (Fsp3) is 0.241. The van der Waals surface area contributed by atoms with Gasteiger partial charge in [0.2, 0.25) is 5.91 Å². The molecule has 0 radical (unpaired) electrons. The van der Waals surface area contributed by atoms with Crippen molar-refractivity contribution in [1.82, 2.24) is 9.97 Å². The van der Waals surface area contributed by atoms with Crippen molar-refractivity contribution < 1.29 is 14.3 Å². The van der Waals surface area contributed by atoms with E-state index in [-0.39, 0.29) is 5.91 Å². The van der Waals surface area contributed by atoms with Gasteiger partial charge in [-0.15, -0.1) is 0 Å². The second-order valence-corrected chi connectivity index (χ2v) is 9.68. The molecule has 0 fully saturated rings. The summed E-state index contributed by atoms with van der Waals surface area (Å²) in [7, 11) is 3.32. The number of carbonyl (C=O) groups is 1. The number of methoxy groups -OCH3 is 2. The van der Waals surface area contributed by atoms with Crippen molar-refractivity contribution >= 4 is 23.4 Å². The molecule has 3 aromatic carbocycles. The zero-order chi connectivity index (χ0) is 24.9. The number of aryl methyl sites for hydroxylation is 1. The van der Waals surface area contributed by atoms with Gasteiger partial charge in [-0.25, -0.2) is 4.98 Å². The molecule has 0 unspecified atom stereocenters. The molecule has 2 heterocycles. The fourth-order valence-electron chi connectivity index (χ4n) is 4.51. The molecule has 1 aliphatic rings. The number of benzene rings is 3. The van der Waals surface area contributed by atoms with Gasteiger partial charge >= 0.3 is 0 Å². The molecular formula is C29H29N3O3S. The van der Waals surface area contributed by atoms with Crippen LogP contribution >= 0.6 is 11.8 Å². The number of thioether (sulfide) groups is 1. The van der Waals surface area contributed by atoms with Crippen LogP contribution in [0.5, 0.6) is 11.5 Å². The molecule has 1 amide bonds. The Balaban J connectivity index is 1.34. The Morgan fingerprint density at radius 1 is 0.944 bits per heavy atom. The minimum Gasteiger partial charge on any atom is -0.497 e. The zero-order valence-electron chi connectivity index (χ0n) is 20.5. The first kappa shape index (κ1) is 24.0. The van der Waals surface area contributed by atoms with E-state index in [4.69, 9.17) is 14.5 Å². The third-order valence-corrected chi connectivity index (χ3v) is 7.27. The van der Waals surface area contributed by atoms with Crippen LogP contribution in [0.3, 0.4) is 0 Å². The van der Waals surface area contributed by atoms with Crippen molar-refractivity contribution in [3.05, 3.63) is 78.4 Å². The summed E-state index contributed by atoms with van der Waals surface area (Å²) < 4.78 is 10.6. The highest BCUT2D eigenvalue weighted by atomic mass is 32.2. The van der Waals surface area contributed by atoms with Crippen LogP contribution < -0.4 is 14.4 Å². The standard InChI is InChI=1S/C29H29N3O3S/c1-34-23-13-9-21(10-14-23)27-28(22-11-15-24(35-2)16-12-22)31-29(30-27)36-19-17-26(33)32-18-5-7-20-6-3-4-8-25(20)32/h3-4,6,8-16H,5,7,17-19H2,1-2H3,(H,30,31). The minimum atomic E-state index is 0.159. The zero-order valence-corrected chi connectivity index (χ0v) is 21.3. The molecule has 36 heavy (non-hydrogen) atoms. The number of hydrogen-bond acceptors (Lipinski definition) is 5. The highest BCUT2D eigenvalue weighted by molar-refractivity contribution is 7.99. The lowest BCUT2D eigenvalue weighted by Crippen LogP contribution is -2.35. The second kappa shape index (κ2) is 10.9. The molecule has 0 atom stereocenters. The summed E-state index contributed by atoms with van der Waals surface area (Å²) in [5.74, 6) is 2.41. The lowest BCUT2D eigenvalue weighted by atomic mass is 10.0. The topological polar surface area (TPSA) is 67.5 Å². The number of H-pyrrole nitrogens is 1. The summed E-state index contributed by atoms with van der Waals surface area (Å²) in [6.45, 7) is 0.782. The second-order valence-electron chi connectivity index (χ2n) is 8.60. The first-order valence-corrected chi connectivity index (χ1v) is 13.0. The van der Waals surface area contributed by atoms with Crippen molar-refractivity contribution in [2.24, 2.45) is 0 Å². The summed E-state index contributed by atoms with van der Waals surface area (Å²) in [6.07, 6.45) is 2.49. The molecule has 6 nitrogen and oxygen atoms in total. The van der Waals surface area contributed by atoms with Crippen LogP contribution in [-0.4, -0.2) is 42.4 Å². The molecule has 1 N–H and O–H groups in total. The normalized spacial score (nSPS) is 12.8. The van der Waals surface area contributed by atoms with Gasteiger partial charge in [0.05, 0.1) is 25.6 Å². The van der Waals surface area contributed by atoms with Crippen LogP contribution in [0.25, 0.3) is 22.5 Å². The number of aromatic amines is 1. The van der Waals surface area contributed by atoms with Crippen LogP contribution in [0.15, 0.2) is 78.0 Å². The van der Waals surface area contributed by atoms with Crippen molar-refractivity contribution in [3.63, 3.8) is 0 Å². The van der Waals surface area contributed by atoms with Gasteiger partial charge in [-0.2, -0.15) is 0 Å². The molecule has 4 aromatic rings. The average molecular weight is 500 g/mol. The van der Waals surface area contributed by atoms with Crippen LogP contribution in [0.1, 0.15) is 18.4 Å². The Labute approximate surface area is 215 Å². The number of para-hydroxylation sites is 1. The molecule has 0 spiro atoms. The third kappa shape index (κ3) is 5.11. The SMILES string of the molecule is COc1ccc(-c2nc(SCCC(=O)N3CCCc4ccccc43)[nH]c2-c2ccc(OC)cc2)cc1. The third-order valence-electron chi connectivity index (χ3n) is 6.39. The van der Waals surface area contributed by atoms with Gasteiger partial charge in [-0.05, 0) is 73.0 Å². The van der Waals surface area contributed by atoms with E-state index in [1.54, 1.807) is 26.0 Å². The van der Waals surface area contributed by atoms with Gasteiger partial charge in [0.15, 0.2) is 5.16 Å². The first-order valence-electron chi connectivity index (χ1n) is 12.1. The Hall–Kier alpha value is -3.71. The number of aromatic nitrogens is 2. The summed E-state index contributed by atoms with van der Waals surface area (Å²) in [5.41, 5.74) is 6.11. The maximum absolute atomic E-state index is 13.0. The number of carbonyl (C=O) groups excluding carboxylic acids is 1. The number of hydrogen-bond donors (Lipinski definition) is 1. The van der Waals surface area contributed by atoms with E-state index in [1.165, 1.54) is 5.56 Å². The van der Waals surface area contributed by atoms with Crippen LogP contribution in [-0.2, 0) is 11.2 Å². The lowest BCUT2D eigenvalue weighted by molar-refractivity contribution is -0.118. The quantitative estimate of drug-likeness (QED) is 0.292. The lowest BCUT2D eigenvalue weighted by Gasteiger charge is -2.29. The maximum Gasteiger partial charge on any atom is 0.227 e. The fourth-order valence-corrected chi connectivity index (χ4v) is 5.31. The number of nitrogens with zero attached hydrogens (tertiary/aromatic N) is 2. The van der Waals surface area contributed by atoms with Gasteiger partial charge in [0.25, 0.3) is 0 Å². The van der Waals surface area contributed by atoms with E-state index in [9.17, 15) is 4.79 Å². The summed E-state index contributed by atoms with van der Waals surface area (Å²) in [6, 6.07) is 24.0. The Bertz CT molecular complexity index is 1270. The number of fused-ring (bicyclic) bond motifs is 1. The van der Waals surface area contributed by atoms with E-state index in [2.05, 4.69) is 11.1 Å². The number of amides is 1. The summed E-state index contributed by atoms with van der Waals surface area (Å²) in [5, 5.41) is 0.790. The van der Waals surface area contributed by atoms with E-state index < -0.39 is 0 Å². The molecule has 5 rings (SSSR count). The van der Waals surface area contributed by atoms with Crippen molar-refractivity contribution in [2.75, 3.05) is 31.4 Å². The average Bonchev–Trinajstić information content (AvgIpc) is 3.37. The Morgan fingerprint density at radius 3 is 2.31 bits per heavy atom. The van der Waals surface area contributed by atoms with Crippen molar-refractivity contribution in [3.8, 4) is 34.0 Å². The van der Waals surface area contributed by atoms with Gasteiger partial charge in [0.1, 0.15) is 11.5 Å². The van der Waals surface area contributed by atoms with Gasteiger partial charge in [-0.3, -0.25) is 4.79 Å². The number of imidazole rings is 1. The number of ether oxygens (including phenoxy) is 2. The highest BCUT2D eigenvalue weighted by Crippen LogP contribution is 2.35. The van der Waals surface area contributed by atoms with Crippen LogP contribution in [0.2, 0.25) is 0 Å². The minimum absolute atomic E-state index is 0.159. The van der Waals surface area contributed by atoms with Gasteiger partial charge in [-0.1, -0.05) is 30.0 Å². The number of rotatable bonds is 8. The highest BCUT2D eigenvalue weighted by Gasteiger charge is 2.22. The molecule has 1 aromatic heterocycles.